The molecular formula is C9H16N4S. The van der Waals surface area contributed by atoms with Crippen LogP contribution < -0.4 is 5.73 Å². The highest BCUT2D eigenvalue weighted by molar-refractivity contribution is 8.00. The number of nitrogens with two attached hydrogens (primary N) is 1. The van der Waals surface area contributed by atoms with Gasteiger partial charge in [0.2, 0.25) is 0 Å². The Hall–Kier alpha value is -0.550. The number of thioether (sulfide) groups is 1. The Labute approximate surface area is 88.1 Å². The largest absolute Gasteiger partial charge is 0.322 e. The van der Waals surface area contributed by atoms with Crippen LogP contribution in [0.25, 0.3) is 0 Å². The lowest BCUT2D eigenvalue weighted by Crippen LogP contribution is -2.15. The molecule has 0 spiro atoms. The first-order valence-electron chi connectivity index (χ1n) is 4.94. The van der Waals surface area contributed by atoms with Gasteiger partial charge in [-0.3, -0.25) is 5.10 Å². The van der Waals surface area contributed by atoms with Crippen LogP contribution in [0.5, 0.6) is 0 Å². The number of H-pyrrole nitrogens is 1. The number of nitrogens with one attached hydrogen (secondary N) is 1. The molecule has 1 saturated heterocycles. The second kappa shape index (κ2) is 3.55. The van der Waals surface area contributed by atoms with Crippen molar-refractivity contribution in [2.24, 2.45) is 5.73 Å². The van der Waals surface area contributed by atoms with Gasteiger partial charge in [0, 0.05) is 0 Å². The van der Waals surface area contributed by atoms with Gasteiger partial charge in [-0.05, 0) is 32.4 Å². The SMILES string of the molecule is CC(N)c1nc(C2(C)CCCS2)n[nH]1. The van der Waals surface area contributed by atoms with Crippen LogP contribution in [0.2, 0.25) is 0 Å². The zero-order chi connectivity index (χ0) is 10.2. The molecule has 0 amide bonds. The topological polar surface area (TPSA) is 67.6 Å². The second-order valence-electron chi connectivity index (χ2n) is 4.02. The van der Waals surface area contributed by atoms with Crippen molar-refractivity contribution in [2.75, 3.05) is 5.75 Å². The first-order valence-corrected chi connectivity index (χ1v) is 5.93. The van der Waals surface area contributed by atoms with E-state index < -0.39 is 0 Å². The molecule has 0 saturated carbocycles. The fourth-order valence-corrected chi connectivity index (χ4v) is 2.92. The standard InChI is InChI=1S/C9H16N4S/c1-6(10)7-11-8(13-12-7)9(2)4-3-5-14-9/h6H,3-5,10H2,1-2H3,(H,11,12,13). The van der Waals surface area contributed by atoms with Gasteiger partial charge in [0.1, 0.15) is 5.82 Å². The van der Waals surface area contributed by atoms with Crippen LogP contribution in [-0.2, 0) is 4.75 Å². The first-order chi connectivity index (χ1) is 6.62. The van der Waals surface area contributed by atoms with Crippen LogP contribution in [0.1, 0.15) is 44.4 Å². The summed E-state index contributed by atoms with van der Waals surface area (Å²) in [4.78, 5) is 4.45. The molecule has 1 aliphatic rings. The predicted molar refractivity (Wildman–Crippen MR) is 58.0 cm³/mol. The maximum Gasteiger partial charge on any atom is 0.166 e. The minimum absolute atomic E-state index is 0.0637. The van der Waals surface area contributed by atoms with E-state index in [1.54, 1.807) is 0 Å². The normalized spacial score (nSPS) is 29.4. The van der Waals surface area contributed by atoms with Crippen molar-refractivity contribution >= 4 is 11.8 Å². The maximum atomic E-state index is 5.73. The van der Waals surface area contributed by atoms with E-state index in [-0.39, 0.29) is 10.8 Å². The minimum Gasteiger partial charge on any atom is -0.322 e. The summed E-state index contributed by atoms with van der Waals surface area (Å²) in [6.45, 7) is 4.12. The Kier molecular flexibility index (Phi) is 2.53. The van der Waals surface area contributed by atoms with Crippen LogP contribution in [0.3, 0.4) is 0 Å². The lowest BCUT2D eigenvalue weighted by Gasteiger charge is -2.17. The average molecular weight is 212 g/mol. The summed E-state index contributed by atoms with van der Waals surface area (Å²) in [6, 6.07) is -0.0637. The lowest BCUT2D eigenvalue weighted by atomic mass is 10.1. The third-order valence-electron chi connectivity index (χ3n) is 2.63. The van der Waals surface area contributed by atoms with Crippen LogP contribution in [-0.4, -0.2) is 20.9 Å². The average Bonchev–Trinajstić information content (AvgIpc) is 2.71. The molecule has 3 N–H and O–H groups in total. The molecule has 1 aromatic rings. The maximum absolute atomic E-state index is 5.73. The first kappa shape index (κ1) is 9.98. The van der Waals surface area contributed by atoms with Crippen LogP contribution in [0, 0.1) is 0 Å². The summed E-state index contributed by atoms with van der Waals surface area (Å²) >= 11 is 1.94. The fraction of sp³-hybridized carbons (Fsp3) is 0.778. The van der Waals surface area contributed by atoms with E-state index in [0.717, 1.165) is 18.1 Å². The molecule has 5 heteroatoms. The molecule has 2 atom stereocenters. The van der Waals surface area contributed by atoms with Gasteiger partial charge in [0.05, 0.1) is 10.8 Å². The number of nitrogens with zero attached hydrogens (tertiary/aromatic N) is 2. The van der Waals surface area contributed by atoms with Crippen LogP contribution in [0.15, 0.2) is 0 Å². The Bertz CT molecular complexity index is 314. The zero-order valence-electron chi connectivity index (χ0n) is 8.58. The molecule has 1 fully saturated rings. The molecule has 2 rings (SSSR count). The molecule has 2 unspecified atom stereocenters. The van der Waals surface area contributed by atoms with Gasteiger partial charge < -0.3 is 5.73 Å². The Morgan fingerprint density at radius 1 is 1.64 bits per heavy atom. The van der Waals surface area contributed by atoms with E-state index in [9.17, 15) is 0 Å². The van der Waals surface area contributed by atoms with E-state index >= 15 is 0 Å². The number of hydrogen-bond donors (Lipinski definition) is 2. The summed E-state index contributed by atoms with van der Waals surface area (Å²) in [6.07, 6.45) is 2.41. The minimum atomic E-state index is -0.0637. The third kappa shape index (κ3) is 1.66. The van der Waals surface area contributed by atoms with Crippen LogP contribution in [0.4, 0.5) is 0 Å². The van der Waals surface area contributed by atoms with Gasteiger partial charge in [-0.15, -0.1) is 11.8 Å². The monoisotopic (exact) mass is 212 g/mol. The van der Waals surface area contributed by atoms with E-state index in [1.807, 2.05) is 18.7 Å². The molecule has 2 heterocycles. The van der Waals surface area contributed by atoms with E-state index in [4.69, 9.17) is 5.73 Å². The van der Waals surface area contributed by atoms with Crippen molar-refractivity contribution in [2.45, 2.75) is 37.5 Å². The fourth-order valence-electron chi connectivity index (χ4n) is 1.67. The Balaban J connectivity index is 2.23. The number of aromatic amines is 1. The van der Waals surface area contributed by atoms with Gasteiger partial charge >= 0.3 is 0 Å². The summed E-state index contributed by atoms with van der Waals surface area (Å²) in [7, 11) is 0. The Morgan fingerprint density at radius 2 is 2.43 bits per heavy atom. The molecule has 0 bridgehead atoms. The molecule has 4 nitrogen and oxygen atoms in total. The van der Waals surface area contributed by atoms with Gasteiger partial charge in [-0.1, -0.05) is 0 Å². The van der Waals surface area contributed by atoms with Crippen molar-refractivity contribution in [3.63, 3.8) is 0 Å². The third-order valence-corrected chi connectivity index (χ3v) is 4.14. The predicted octanol–water partition coefficient (Wildman–Crippen LogP) is 1.57. The summed E-state index contributed by atoms with van der Waals surface area (Å²) < 4.78 is 0.101. The number of aromatic nitrogens is 3. The second-order valence-corrected chi connectivity index (χ2v) is 5.61. The number of hydrogen-bond acceptors (Lipinski definition) is 4. The quantitative estimate of drug-likeness (QED) is 0.780. The molecule has 1 aliphatic heterocycles. The molecule has 0 aromatic carbocycles. The van der Waals surface area contributed by atoms with Crippen LogP contribution >= 0.6 is 11.8 Å². The molecule has 0 aliphatic carbocycles. The zero-order valence-corrected chi connectivity index (χ0v) is 9.40. The highest BCUT2D eigenvalue weighted by atomic mass is 32.2. The summed E-state index contributed by atoms with van der Waals surface area (Å²) in [5, 5.41) is 7.16. The highest BCUT2D eigenvalue weighted by Crippen LogP contribution is 2.44. The lowest BCUT2D eigenvalue weighted by molar-refractivity contribution is 0.606. The number of rotatable bonds is 2. The van der Waals surface area contributed by atoms with Gasteiger partial charge in [-0.25, -0.2) is 4.98 Å². The smallest absolute Gasteiger partial charge is 0.166 e. The van der Waals surface area contributed by atoms with Crippen molar-refractivity contribution in [3.8, 4) is 0 Å². The Morgan fingerprint density at radius 3 is 2.93 bits per heavy atom. The highest BCUT2D eigenvalue weighted by Gasteiger charge is 2.35. The van der Waals surface area contributed by atoms with Gasteiger partial charge in [0.25, 0.3) is 0 Å². The molecular weight excluding hydrogens is 196 g/mol. The molecule has 14 heavy (non-hydrogen) atoms. The molecule has 78 valence electrons. The molecule has 0 radical (unpaired) electrons. The van der Waals surface area contributed by atoms with Crippen molar-refractivity contribution in [1.29, 1.82) is 0 Å². The van der Waals surface area contributed by atoms with E-state index in [2.05, 4.69) is 22.1 Å². The van der Waals surface area contributed by atoms with Crippen molar-refractivity contribution in [1.82, 2.24) is 15.2 Å². The van der Waals surface area contributed by atoms with Gasteiger partial charge in [-0.2, -0.15) is 5.10 Å². The molecule has 1 aromatic heterocycles. The summed E-state index contributed by atoms with van der Waals surface area (Å²) in [5.74, 6) is 2.90. The van der Waals surface area contributed by atoms with Crippen molar-refractivity contribution in [3.05, 3.63) is 11.6 Å². The summed E-state index contributed by atoms with van der Waals surface area (Å²) in [5.41, 5.74) is 5.73. The van der Waals surface area contributed by atoms with Crippen molar-refractivity contribution < 1.29 is 0 Å². The van der Waals surface area contributed by atoms with E-state index in [1.165, 1.54) is 12.2 Å². The van der Waals surface area contributed by atoms with Gasteiger partial charge in [0.15, 0.2) is 5.82 Å². The van der Waals surface area contributed by atoms with E-state index in [0.29, 0.717) is 0 Å².